The van der Waals surface area contributed by atoms with Crippen LogP contribution in [0.4, 0.5) is 0 Å². The number of piperazine rings is 1. The Kier molecular flexibility index (Phi) is 8.48. The lowest BCUT2D eigenvalue weighted by atomic mass is 10.1. The Morgan fingerprint density at radius 3 is 2.46 bits per heavy atom. The number of thiophene rings is 1. The van der Waals surface area contributed by atoms with E-state index >= 15 is 0 Å². The molecule has 0 radical (unpaired) electrons. The van der Waals surface area contributed by atoms with Gasteiger partial charge in [0, 0.05) is 31.6 Å². The molecule has 11 heteroatoms. The van der Waals surface area contributed by atoms with Crippen molar-refractivity contribution in [1.29, 1.82) is 0 Å². The number of carbonyl (C=O) groups is 2. The van der Waals surface area contributed by atoms with Gasteiger partial charge in [-0.15, -0.1) is 23.7 Å². The quantitative estimate of drug-likeness (QED) is 0.678. The molecule has 2 heterocycles. The van der Waals surface area contributed by atoms with Gasteiger partial charge in [0.15, 0.2) is 0 Å². The molecule has 1 unspecified atom stereocenters. The fourth-order valence-corrected chi connectivity index (χ4v) is 5.35. The van der Waals surface area contributed by atoms with Crippen LogP contribution in [0.5, 0.6) is 0 Å². The van der Waals surface area contributed by atoms with Crippen LogP contribution in [-0.4, -0.2) is 68.8 Å². The molecule has 0 bridgehead atoms. The molecular formula is C15H24ClN3O5S2. The fourth-order valence-electron chi connectivity index (χ4n) is 2.62. The Morgan fingerprint density at radius 2 is 1.92 bits per heavy atom. The molecule has 1 aliphatic rings. The van der Waals surface area contributed by atoms with Gasteiger partial charge in [-0.25, -0.2) is 13.2 Å². The summed E-state index contributed by atoms with van der Waals surface area (Å²) in [6.45, 7) is 2.99. The molecule has 0 aliphatic carbocycles. The predicted molar refractivity (Wildman–Crippen MR) is 101 cm³/mol. The Morgan fingerprint density at radius 1 is 1.31 bits per heavy atom. The number of amides is 1. The highest BCUT2D eigenvalue weighted by Gasteiger charge is 2.32. The van der Waals surface area contributed by atoms with Gasteiger partial charge in [0.1, 0.15) is 4.21 Å². The Balaban J connectivity index is 0.00000338. The maximum Gasteiger partial charge on any atom is 0.338 e. The van der Waals surface area contributed by atoms with E-state index in [1.807, 2.05) is 6.92 Å². The van der Waals surface area contributed by atoms with Crippen LogP contribution < -0.4 is 5.73 Å². The van der Waals surface area contributed by atoms with Crippen molar-refractivity contribution < 1.29 is 22.7 Å². The van der Waals surface area contributed by atoms with E-state index < -0.39 is 22.0 Å². The maximum absolute atomic E-state index is 12.7. The molecule has 1 aromatic heterocycles. The average molecular weight is 426 g/mol. The Hall–Kier alpha value is -1.20. The van der Waals surface area contributed by atoms with Crippen LogP contribution in [0.2, 0.25) is 0 Å². The van der Waals surface area contributed by atoms with Crippen molar-refractivity contribution in [3.8, 4) is 0 Å². The zero-order chi connectivity index (χ0) is 18.6. The molecule has 26 heavy (non-hydrogen) atoms. The second-order valence-corrected chi connectivity index (χ2v) is 8.85. The highest BCUT2D eigenvalue weighted by Crippen LogP contribution is 2.25. The minimum Gasteiger partial charge on any atom is -0.465 e. The van der Waals surface area contributed by atoms with E-state index in [0.29, 0.717) is 19.5 Å². The summed E-state index contributed by atoms with van der Waals surface area (Å²) in [5, 5.41) is 1.46. The summed E-state index contributed by atoms with van der Waals surface area (Å²) in [7, 11) is -2.44. The van der Waals surface area contributed by atoms with Crippen LogP contribution in [-0.2, 0) is 19.6 Å². The van der Waals surface area contributed by atoms with Crippen molar-refractivity contribution in [3.05, 3.63) is 17.0 Å². The molecule has 1 aromatic rings. The van der Waals surface area contributed by atoms with E-state index in [2.05, 4.69) is 4.74 Å². The van der Waals surface area contributed by atoms with Gasteiger partial charge in [-0.2, -0.15) is 4.31 Å². The van der Waals surface area contributed by atoms with Gasteiger partial charge in [0.2, 0.25) is 5.91 Å². The summed E-state index contributed by atoms with van der Waals surface area (Å²) in [6.07, 6.45) is 1.44. The molecular weight excluding hydrogens is 402 g/mol. The lowest BCUT2D eigenvalue weighted by Crippen LogP contribution is -2.54. The molecule has 0 aromatic carbocycles. The number of hydrogen-bond acceptors (Lipinski definition) is 7. The van der Waals surface area contributed by atoms with E-state index in [1.54, 1.807) is 4.90 Å². The third-order valence-electron chi connectivity index (χ3n) is 4.06. The third-order valence-corrected chi connectivity index (χ3v) is 7.37. The number of esters is 1. The Bertz CT molecular complexity index is 729. The fraction of sp³-hybridized carbons (Fsp3) is 0.600. The number of ether oxygens (including phenoxy) is 1. The highest BCUT2D eigenvalue weighted by atomic mass is 35.5. The summed E-state index contributed by atoms with van der Waals surface area (Å²) >= 11 is 0.981. The smallest absolute Gasteiger partial charge is 0.338 e. The first-order chi connectivity index (χ1) is 11.8. The largest absolute Gasteiger partial charge is 0.465 e. The molecule has 1 atom stereocenters. The van der Waals surface area contributed by atoms with Gasteiger partial charge >= 0.3 is 5.97 Å². The zero-order valence-corrected chi connectivity index (χ0v) is 17.2. The van der Waals surface area contributed by atoms with Crippen molar-refractivity contribution >= 4 is 45.6 Å². The van der Waals surface area contributed by atoms with E-state index in [1.165, 1.54) is 22.9 Å². The highest BCUT2D eigenvalue weighted by molar-refractivity contribution is 7.91. The summed E-state index contributed by atoms with van der Waals surface area (Å²) in [6, 6.07) is 0.786. The van der Waals surface area contributed by atoms with Crippen LogP contribution in [0.3, 0.4) is 0 Å². The molecule has 148 valence electrons. The number of methoxy groups -OCH3 is 1. The zero-order valence-electron chi connectivity index (χ0n) is 14.7. The van der Waals surface area contributed by atoms with Crippen molar-refractivity contribution in [2.24, 2.45) is 5.73 Å². The monoisotopic (exact) mass is 425 g/mol. The van der Waals surface area contributed by atoms with Crippen molar-refractivity contribution in [2.45, 2.75) is 30.0 Å². The van der Waals surface area contributed by atoms with Crippen molar-refractivity contribution in [1.82, 2.24) is 9.21 Å². The topological polar surface area (TPSA) is 110 Å². The number of rotatable bonds is 6. The molecule has 0 spiro atoms. The number of halogens is 1. The standard InChI is InChI=1S/C15H23N3O5S2.ClH/c1-3-4-12(16)14(19)17-5-7-18(8-6-17)25(21,22)13-9-11(10-24-13)15(20)23-2;/h9-10,12H,3-8,16H2,1-2H3;1H. The molecule has 2 rings (SSSR count). The van der Waals surface area contributed by atoms with E-state index in [-0.39, 0.29) is 41.2 Å². The lowest BCUT2D eigenvalue weighted by Gasteiger charge is -2.34. The lowest BCUT2D eigenvalue weighted by molar-refractivity contribution is -0.133. The third kappa shape index (κ3) is 4.95. The van der Waals surface area contributed by atoms with Crippen LogP contribution in [0.15, 0.2) is 15.7 Å². The first-order valence-electron chi connectivity index (χ1n) is 8.02. The van der Waals surface area contributed by atoms with E-state index in [9.17, 15) is 18.0 Å². The minimum atomic E-state index is -3.69. The summed E-state index contributed by atoms with van der Waals surface area (Å²) in [5.41, 5.74) is 6.06. The molecule has 1 saturated heterocycles. The van der Waals surface area contributed by atoms with Crippen molar-refractivity contribution in [3.63, 3.8) is 0 Å². The second kappa shape index (κ2) is 9.65. The van der Waals surface area contributed by atoms with Crippen LogP contribution in [0.1, 0.15) is 30.1 Å². The van der Waals surface area contributed by atoms with Crippen LogP contribution >= 0.6 is 23.7 Å². The number of carbonyl (C=O) groups excluding carboxylic acids is 2. The van der Waals surface area contributed by atoms with Crippen LogP contribution in [0.25, 0.3) is 0 Å². The maximum atomic E-state index is 12.7. The first-order valence-corrected chi connectivity index (χ1v) is 10.3. The SMILES string of the molecule is CCCC(N)C(=O)N1CCN(S(=O)(=O)c2cc(C(=O)OC)cs2)CC1.Cl. The Labute approximate surface area is 163 Å². The molecule has 2 N–H and O–H groups in total. The summed E-state index contributed by atoms with van der Waals surface area (Å²) in [5.74, 6) is -0.707. The van der Waals surface area contributed by atoms with Gasteiger partial charge in [-0.05, 0) is 12.5 Å². The normalized spacial score (nSPS) is 16.7. The number of nitrogens with zero attached hydrogens (tertiary/aromatic N) is 2. The first kappa shape index (κ1) is 22.8. The molecule has 8 nitrogen and oxygen atoms in total. The predicted octanol–water partition coefficient (Wildman–Crippen LogP) is 0.917. The number of nitrogens with two attached hydrogens (primary N) is 1. The van der Waals surface area contributed by atoms with E-state index in [4.69, 9.17) is 5.73 Å². The second-order valence-electron chi connectivity index (χ2n) is 5.77. The van der Waals surface area contributed by atoms with Crippen molar-refractivity contribution in [2.75, 3.05) is 33.3 Å². The minimum absolute atomic E-state index is 0. The van der Waals surface area contributed by atoms with E-state index in [0.717, 1.165) is 17.8 Å². The molecule has 1 amide bonds. The summed E-state index contributed by atoms with van der Waals surface area (Å²) < 4.78 is 31.4. The average Bonchev–Trinajstić information content (AvgIpc) is 3.11. The van der Waals surface area contributed by atoms with Crippen LogP contribution in [0, 0.1) is 0 Å². The van der Waals surface area contributed by atoms with Gasteiger partial charge in [-0.1, -0.05) is 13.3 Å². The van der Waals surface area contributed by atoms with Gasteiger partial charge < -0.3 is 15.4 Å². The molecule has 1 fully saturated rings. The van der Waals surface area contributed by atoms with Gasteiger partial charge in [0.25, 0.3) is 10.0 Å². The summed E-state index contributed by atoms with van der Waals surface area (Å²) in [4.78, 5) is 25.3. The van der Waals surface area contributed by atoms with Gasteiger partial charge in [0.05, 0.1) is 18.7 Å². The molecule has 0 saturated carbocycles. The number of hydrogen-bond donors (Lipinski definition) is 1. The molecule has 1 aliphatic heterocycles. The van der Waals surface area contributed by atoms with Gasteiger partial charge in [-0.3, -0.25) is 4.79 Å². The number of sulfonamides is 1.